The second-order valence-electron chi connectivity index (χ2n) is 5.16. The molecule has 0 aliphatic rings. The summed E-state index contributed by atoms with van der Waals surface area (Å²) in [6.07, 6.45) is 0. The summed E-state index contributed by atoms with van der Waals surface area (Å²) in [6.45, 7) is 3.98. The predicted octanol–water partition coefficient (Wildman–Crippen LogP) is 4.37. The summed E-state index contributed by atoms with van der Waals surface area (Å²) in [5.41, 5.74) is 6.96. The van der Waals surface area contributed by atoms with Crippen LogP contribution in [0.3, 0.4) is 0 Å². The predicted molar refractivity (Wildman–Crippen MR) is 107 cm³/mol. The van der Waals surface area contributed by atoms with Crippen molar-refractivity contribution < 1.29 is 4.79 Å². The third-order valence-corrected chi connectivity index (χ3v) is 5.06. The van der Waals surface area contributed by atoms with Crippen LogP contribution in [-0.4, -0.2) is 17.4 Å². The SMILES string of the molecule is C/C(=N/NC(=O)CSCc1ccccc1C)c1ccc(I)cc1. The van der Waals surface area contributed by atoms with Gasteiger partial charge in [-0.2, -0.15) is 5.10 Å². The minimum absolute atomic E-state index is 0.0755. The molecular formula is C18H19IN2OS. The van der Waals surface area contributed by atoms with Crippen LogP contribution in [0.4, 0.5) is 0 Å². The van der Waals surface area contributed by atoms with E-state index in [1.807, 2.05) is 43.3 Å². The quantitative estimate of drug-likeness (QED) is 0.414. The topological polar surface area (TPSA) is 41.5 Å². The highest BCUT2D eigenvalue weighted by Gasteiger charge is 2.03. The van der Waals surface area contributed by atoms with Crippen LogP contribution in [0.2, 0.25) is 0 Å². The Hall–Kier alpha value is -1.34. The molecule has 0 saturated carbocycles. The molecule has 2 rings (SSSR count). The molecule has 0 aromatic heterocycles. The minimum Gasteiger partial charge on any atom is -0.272 e. The van der Waals surface area contributed by atoms with Gasteiger partial charge in [-0.3, -0.25) is 4.79 Å². The van der Waals surface area contributed by atoms with Crippen LogP contribution in [0.5, 0.6) is 0 Å². The number of rotatable bonds is 6. The highest BCUT2D eigenvalue weighted by molar-refractivity contribution is 14.1. The molecule has 0 aliphatic carbocycles. The Morgan fingerprint density at radius 3 is 2.57 bits per heavy atom. The maximum Gasteiger partial charge on any atom is 0.250 e. The lowest BCUT2D eigenvalue weighted by Crippen LogP contribution is -2.21. The number of aryl methyl sites for hydroxylation is 1. The van der Waals surface area contributed by atoms with Gasteiger partial charge < -0.3 is 0 Å². The number of amides is 1. The van der Waals surface area contributed by atoms with E-state index in [0.717, 1.165) is 17.0 Å². The molecular weight excluding hydrogens is 419 g/mol. The van der Waals surface area contributed by atoms with Gasteiger partial charge in [-0.1, -0.05) is 36.4 Å². The maximum absolute atomic E-state index is 11.9. The fourth-order valence-electron chi connectivity index (χ4n) is 1.96. The lowest BCUT2D eigenvalue weighted by atomic mass is 10.1. The van der Waals surface area contributed by atoms with Gasteiger partial charge in [0.2, 0.25) is 5.91 Å². The molecule has 0 fully saturated rings. The van der Waals surface area contributed by atoms with E-state index in [2.05, 4.69) is 52.2 Å². The molecule has 0 aliphatic heterocycles. The summed E-state index contributed by atoms with van der Waals surface area (Å²) in [6, 6.07) is 16.3. The first-order chi connectivity index (χ1) is 11.1. The van der Waals surface area contributed by atoms with E-state index >= 15 is 0 Å². The van der Waals surface area contributed by atoms with Gasteiger partial charge in [0.25, 0.3) is 0 Å². The molecule has 1 N–H and O–H groups in total. The van der Waals surface area contributed by atoms with Gasteiger partial charge in [0, 0.05) is 9.32 Å². The normalized spacial score (nSPS) is 11.3. The van der Waals surface area contributed by atoms with Crippen LogP contribution in [-0.2, 0) is 10.5 Å². The lowest BCUT2D eigenvalue weighted by Gasteiger charge is -2.05. The van der Waals surface area contributed by atoms with Gasteiger partial charge in [-0.05, 0) is 65.3 Å². The summed E-state index contributed by atoms with van der Waals surface area (Å²) in [5.74, 6) is 1.16. The van der Waals surface area contributed by atoms with Crippen LogP contribution < -0.4 is 5.43 Å². The van der Waals surface area contributed by atoms with Crippen LogP contribution >= 0.6 is 34.4 Å². The smallest absolute Gasteiger partial charge is 0.250 e. The minimum atomic E-state index is -0.0755. The molecule has 0 unspecified atom stereocenters. The first-order valence-electron chi connectivity index (χ1n) is 7.27. The molecule has 0 spiro atoms. The molecule has 23 heavy (non-hydrogen) atoms. The number of benzene rings is 2. The molecule has 2 aromatic carbocycles. The summed E-state index contributed by atoms with van der Waals surface area (Å²) in [4.78, 5) is 11.9. The number of halogens is 1. The molecule has 5 heteroatoms. The van der Waals surface area contributed by atoms with E-state index in [1.165, 1.54) is 14.7 Å². The van der Waals surface area contributed by atoms with E-state index in [-0.39, 0.29) is 5.91 Å². The highest BCUT2D eigenvalue weighted by atomic mass is 127. The van der Waals surface area contributed by atoms with Crippen molar-refractivity contribution in [3.8, 4) is 0 Å². The van der Waals surface area contributed by atoms with Gasteiger partial charge in [0.05, 0.1) is 11.5 Å². The zero-order valence-corrected chi connectivity index (χ0v) is 16.1. The number of thioether (sulfide) groups is 1. The largest absolute Gasteiger partial charge is 0.272 e. The van der Waals surface area contributed by atoms with Crippen molar-refractivity contribution in [1.29, 1.82) is 0 Å². The van der Waals surface area contributed by atoms with Gasteiger partial charge in [-0.15, -0.1) is 11.8 Å². The Bertz CT molecular complexity index is 698. The van der Waals surface area contributed by atoms with E-state index in [9.17, 15) is 4.79 Å². The van der Waals surface area contributed by atoms with Crippen molar-refractivity contribution in [3.05, 3.63) is 68.8 Å². The third-order valence-electron chi connectivity index (χ3n) is 3.36. The average Bonchev–Trinajstić information content (AvgIpc) is 2.55. The molecule has 0 bridgehead atoms. The first kappa shape index (κ1) is 18.0. The number of carbonyl (C=O) groups is 1. The Labute approximate surface area is 155 Å². The second kappa shape index (κ2) is 9.08. The number of nitrogens with one attached hydrogen (secondary N) is 1. The van der Waals surface area contributed by atoms with Crippen molar-refractivity contribution in [3.63, 3.8) is 0 Å². The molecule has 120 valence electrons. The third kappa shape index (κ3) is 5.99. The lowest BCUT2D eigenvalue weighted by molar-refractivity contribution is -0.118. The summed E-state index contributed by atoms with van der Waals surface area (Å²) in [5, 5.41) is 4.17. The Morgan fingerprint density at radius 1 is 1.17 bits per heavy atom. The number of carbonyl (C=O) groups excluding carboxylic acids is 1. The van der Waals surface area contributed by atoms with E-state index in [4.69, 9.17) is 0 Å². The molecule has 0 atom stereocenters. The average molecular weight is 438 g/mol. The van der Waals surface area contributed by atoms with Gasteiger partial charge in [0.15, 0.2) is 0 Å². The Morgan fingerprint density at radius 2 is 1.87 bits per heavy atom. The van der Waals surface area contributed by atoms with Crippen LogP contribution in [0.25, 0.3) is 0 Å². The zero-order chi connectivity index (χ0) is 16.7. The zero-order valence-electron chi connectivity index (χ0n) is 13.2. The number of hydrogen-bond acceptors (Lipinski definition) is 3. The van der Waals surface area contributed by atoms with E-state index in [1.54, 1.807) is 11.8 Å². The fraction of sp³-hybridized carbons (Fsp3) is 0.222. The Kier molecular flexibility index (Phi) is 7.11. The van der Waals surface area contributed by atoms with Crippen molar-refractivity contribution >= 4 is 46.0 Å². The van der Waals surface area contributed by atoms with Crippen molar-refractivity contribution in [2.75, 3.05) is 5.75 Å². The van der Waals surface area contributed by atoms with Crippen molar-refractivity contribution in [2.45, 2.75) is 19.6 Å². The van der Waals surface area contributed by atoms with Gasteiger partial charge in [-0.25, -0.2) is 5.43 Å². The van der Waals surface area contributed by atoms with Crippen LogP contribution in [0, 0.1) is 10.5 Å². The fourth-order valence-corrected chi connectivity index (χ4v) is 3.22. The molecule has 0 saturated heterocycles. The van der Waals surface area contributed by atoms with Crippen molar-refractivity contribution in [2.24, 2.45) is 5.10 Å². The number of hydrazone groups is 1. The highest BCUT2D eigenvalue weighted by Crippen LogP contribution is 2.15. The number of hydrogen-bond donors (Lipinski definition) is 1. The first-order valence-corrected chi connectivity index (χ1v) is 9.51. The maximum atomic E-state index is 11.9. The summed E-state index contributed by atoms with van der Waals surface area (Å²) < 4.78 is 1.18. The monoisotopic (exact) mass is 438 g/mol. The van der Waals surface area contributed by atoms with E-state index in [0.29, 0.717) is 5.75 Å². The molecule has 3 nitrogen and oxygen atoms in total. The molecule has 0 heterocycles. The van der Waals surface area contributed by atoms with Gasteiger partial charge >= 0.3 is 0 Å². The summed E-state index contributed by atoms with van der Waals surface area (Å²) in [7, 11) is 0. The summed E-state index contributed by atoms with van der Waals surface area (Å²) >= 11 is 3.86. The van der Waals surface area contributed by atoms with Crippen LogP contribution in [0.1, 0.15) is 23.6 Å². The Balaban J connectivity index is 1.79. The number of nitrogens with zero attached hydrogens (tertiary/aromatic N) is 1. The van der Waals surface area contributed by atoms with Crippen molar-refractivity contribution in [1.82, 2.24) is 5.43 Å². The second-order valence-corrected chi connectivity index (χ2v) is 7.39. The van der Waals surface area contributed by atoms with Crippen LogP contribution in [0.15, 0.2) is 53.6 Å². The van der Waals surface area contributed by atoms with Gasteiger partial charge in [0.1, 0.15) is 0 Å². The van der Waals surface area contributed by atoms with E-state index < -0.39 is 0 Å². The standard InChI is InChI=1S/C18H19IN2OS/c1-13-5-3-4-6-16(13)11-23-12-18(22)21-20-14(2)15-7-9-17(19)10-8-15/h3-10H,11-12H2,1-2H3,(H,21,22)/b20-14-. The molecule has 0 radical (unpaired) electrons. The molecule has 1 amide bonds. The molecule has 2 aromatic rings.